The molecule has 2 bridgehead atoms. The van der Waals surface area contributed by atoms with E-state index in [4.69, 9.17) is 22.3 Å². The molecular formula is C30H26ClN3O3. The van der Waals surface area contributed by atoms with Gasteiger partial charge in [-0.3, -0.25) is 9.78 Å². The number of nitrogens with two attached hydrogens (primary N) is 1. The number of anilines is 2. The normalized spacial score (nSPS) is 15.6. The maximum atomic E-state index is 12.6. The Hall–Kier alpha value is -4.16. The molecule has 6 nitrogen and oxygen atoms in total. The van der Waals surface area contributed by atoms with E-state index in [-0.39, 0.29) is 17.4 Å². The quantitative estimate of drug-likeness (QED) is 0.257. The van der Waals surface area contributed by atoms with E-state index >= 15 is 0 Å². The van der Waals surface area contributed by atoms with Crippen LogP contribution in [-0.4, -0.2) is 22.0 Å². The molecule has 186 valence electrons. The van der Waals surface area contributed by atoms with Crippen molar-refractivity contribution in [3.05, 3.63) is 101 Å². The molecule has 5 rings (SSSR count). The average molecular weight is 512 g/mol. The van der Waals surface area contributed by atoms with Crippen molar-refractivity contribution in [2.24, 2.45) is 0 Å². The van der Waals surface area contributed by atoms with Crippen LogP contribution < -0.4 is 11.1 Å². The maximum absolute atomic E-state index is 12.6. The van der Waals surface area contributed by atoms with Crippen LogP contribution in [0.15, 0.2) is 79.0 Å². The molecule has 0 saturated heterocycles. The third-order valence-electron chi connectivity index (χ3n) is 6.76. The van der Waals surface area contributed by atoms with Gasteiger partial charge in [0.2, 0.25) is 5.91 Å². The number of fused-ring (bicyclic) bond motifs is 4. The van der Waals surface area contributed by atoms with Gasteiger partial charge >= 0.3 is 5.97 Å². The SMILES string of the molecule is Nc1ccc(Cl)cc1-c1ccc(C2CCCCC(=O)Nc3ccc(C(=O)O)cc3-c3cccc2c3)nc1. The average Bonchev–Trinajstić information content (AvgIpc) is 2.90. The monoisotopic (exact) mass is 511 g/mol. The number of rotatable bonds is 3. The van der Waals surface area contributed by atoms with Crippen molar-refractivity contribution in [1.82, 2.24) is 4.98 Å². The van der Waals surface area contributed by atoms with Crippen LogP contribution in [-0.2, 0) is 4.79 Å². The Morgan fingerprint density at radius 1 is 0.973 bits per heavy atom. The summed E-state index contributed by atoms with van der Waals surface area (Å²) >= 11 is 6.18. The summed E-state index contributed by atoms with van der Waals surface area (Å²) in [5, 5.41) is 13.1. The fourth-order valence-corrected chi connectivity index (χ4v) is 5.00. The predicted molar refractivity (Wildman–Crippen MR) is 147 cm³/mol. The minimum absolute atomic E-state index is 0.0132. The predicted octanol–water partition coefficient (Wildman–Crippen LogP) is 6.99. The molecule has 0 aliphatic carbocycles. The number of hydrogen-bond donors (Lipinski definition) is 3. The lowest BCUT2D eigenvalue weighted by Crippen LogP contribution is -2.13. The van der Waals surface area contributed by atoms with Crippen LogP contribution in [0.5, 0.6) is 0 Å². The molecule has 7 heteroatoms. The lowest BCUT2D eigenvalue weighted by Gasteiger charge is -2.20. The van der Waals surface area contributed by atoms with Crippen molar-refractivity contribution < 1.29 is 14.7 Å². The van der Waals surface area contributed by atoms with E-state index in [1.807, 2.05) is 36.5 Å². The largest absolute Gasteiger partial charge is 0.478 e. The van der Waals surface area contributed by atoms with Crippen LogP contribution in [0, 0.1) is 0 Å². The van der Waals surface area contributed by atoms with Gasteiger partial charge in [-0.2, -0.15) is 0 Å². The number of amides is 1. The Labute approximate surface area is 220 Å². The van der Waals surface area contributed by atoms with Gasteiger partial charge < -0.3 is 16.2 Å². The summed E-state index contributed by atoms with van der Waals surface area (Å²) in [6.45, 7) is 0. The van der Waals surface area contributed by atoms with E-state index in [1.54, 1.807) is 24.3 Å². The summed E-state index contributed by atoms with van der Waals surface area (Å²) in [5.74, 6) is -1.09. The lowest BCUT2D eigenvalue weighted by atomic mass is 9.87. The zero-order chi connectivity index (χ0) is 25.9. The highest BCUT2D eigenvalue weighted by atomic mass is 35.5. The lowest BCUT2D eigenvalue weighted by molar-refractivity contribution is -0.116. The standard InChI is InChI=1S/C30H26ClN3O3/c31-22-10-11-26(32)24(16-22)21-9-12-27(33-17-21)23-6-1-2-7-29(35)34-28-13-8-20(30(36)37)15-25(28)19-5-3-4-18(23)14-19/h3-5,8-17,23H,1-2,6-7,32H2,(H,34,35)(H,36,37). The van der Waals surface area contributed by atoms with Crippen molar-refractivity contribution in [3.63, 3.8) is 0 Å². The first-order valence-corrected chi connectivity index (χ1v) is 12.6. The fourth-order valence-electron chi connectivity index (χ4n) is 4.83. The maximum Gasteiger partial charge on any atom is 0.335 e. The number of carboxylic acid groups (broad SMARTS) is 1. The molecule has 0 radical (unpaired) electrons. The van der Waals surface area contributed by atoms with Crippen LogP contribution >= 0.6 is 11.6 Å². The van der Waals surface area contributed by atoms with Gasteiger partial charge in [-0.1, -0.05) is 48.4 Å². The third kappa shape index (κ3) is 5.34. The minimum atomic E-state index is -1.01. The van der Waals surface area contributed by atoms with Crippen LogP contribution in [0.25, 0.3) is 22.3 Å². The minimum Gasteiger partial charge on any atom is -0.478 e. The van der Waals surface area contributed by atoms with E-state index in [1.165, 1.54) is 6.07 Å². The Morgan fingerprint density at radius 2 is 1.84 bits per heavy atom. The van der Waals surface area contributed by atoms with E-state index in [2.05, 4.69) is 17.4 Å². The first-order chi connectivity index (χ1) is 17.9. The number of carboxylic acids is 1. The Balaban J connectivity index is 1.56. The molecule has 2 heterocycles. The molecule has 0 fully saturated rings. The van der Waals surface area contributed by atoms with Gasteiger partial charge in [0.05, 0.1) is 5.56 Å². The number of benzene rings is 3. The summed E-state index contributed by atoms with van der Waals surface area (Å²) in [6.07, 6.45) is 4.63. The van der Waals surface area contributed by atoms with Crippen molar-refractivity contribution in [2.75, 3.05) is 11.1 Å². The molecular weight excluding hydrogens is 486 g/mol. The number of carbonyl (C=O) groups is 2. The molecule has 37 heavy (non-hydrogen) atoms. The van der Waals surface area contributed by atoms with Crippen molar-refractivity contribution in [1.29, 1.82) is 0 Å². The summed E-state index contributed by atoms with van der Waals surface area (Å²) in [7, 11) is 0. The molecule has 3 aromatic carbocycles. The molecule has 1 atom stereocenters. The van der Waals surface area contributed by atoms with E-state index in [0.717, 1.165) is 47.2 Å². The number of carbonyl (C=O) groups excluding carboxylic acids is 1. The topological polar surface area (TPSA) is 105 Å². The molecule has 0 spiro atoms. The summed E-state index contributed by atoms with van der Waals surface area (Å²) < 4.78 is 0. The molecule has 4 N–H and O–H groups in total. The number of nitrogen functional groups attached to an aromatic ring is 1. The second kappa shape index (κ2) is 10.4. The van der Waals surface area contributed by atoms with Gasteiger partial charge in [-0.05, 0) is 66.4 Å². The van der Waals surface area contributed by atoms with Gasteiger partial charge in [0.25, 0.3) is 0 Å². The van der Waals surface area contributed by atoms with Crippen molar-refractivity contribution in [2.45, 2.75) is 31.6 Å². The summed E-state index contributed by atoms with van der Waals surface area (Å²) in [5.41, 5.74) is 12.8. The van der Waals surface area contributed by atoms with E-state index in [9.17, 15) is 14.7 Å². The highest BCUT2D eigenvalue weighted by Gasteiger charge is 2.20. The molecule has 1 amide bonds. The van der Waals surface area contributed by atoms with Gasteiger partial charge in [0, 0.05) is 57.3 Å². The Kier molecular flexibility index (Phi) is 6.93. The number of nitrogens with zero attached hydrogens (tertiary/aromatic N) is 1. The van der Waals surface area contributed by atoms with E-state index in [0.29, 0.717) is 28.4 Å². The van der Waals surface area contributed by atoms with Crippen molar-refractivity contribution in [3.8, 4) is 22.3 Å². The molecule has 1 unspecified atom stereocenters. The zero-order valence-corrected chi connectivity index (χ0v) is 20.8. The fraction of sp³-hybridized carbons (Fsp3) is 0.167. The van der Waals surface area contributed by atoms with Crippen LogP contribution in [0.2, 0.25) is 5.02 Å². The molecule has 1 aromatic heterocycles. The number of nitrogens with one attached hydrogen (secondary N) is 1. The van der Waals surface area contributed by atoms with Crippen LogP contribution in [0.3, 0.4) is 0 Å². The first kappa shape index (κ1) is 24.5. The highest BCUT2D eigenvalue weighted by molar-refractivity contribution is 6.31. The summed E-state index contributed by atoms with van der Waals surface area (Å²) in [4.78, 5) is 29.1. The molecule has 1 aliphatic rings. The number of pyridine rings is 1. The Morgan fingerprint density at radius 3 is 2.62 bits per heavy atom. The third-order valence-corrected chi connectivity index (χ3v) is 6.99. The van der Waals surface area contributed by atoms with Gasteiger partial charge in [-0.15, -0.1) is 0 Å². The molecule has 1 aliphatic heterocycles. The van der Waals surface area contributed by atoms with Crippen LogP contribution in [0.1, 0.15) is 53.2 Å². The second-order valence-electron chi connectivity index (χ2n) is 9.24. The second-order valence-corrected chi connectivity index (χ2v) is 9.68. The number of halogens is 1. The number of hydrogen-bond acceptors (Lipinski definition) is 4. The number of aromatic nitrogens is 1. The molecule has 0 saturated carbocycles. The molecule has 4 aromatic rings. The van der Waals surface area contributed by atoms with Gasteiger partial charge in [-0.25, -0.2) is 4.79 Å². The van der Waals surface area contributed by atoms with Crippen LogP contribution in [0.4, 0.5) is 11.4 Å². The van der Waals surface area contributed by atoms with Gasteiger partial charge in [0.15, 0.2) is 0 Å². The zero-order valence-electron chi connectivity index (χ0n) is 20.1. The van der Waals surface area contributed by atoms with Crippen molar-refractivity contribution >= 4 is 34.9 Å². The highest BCUT2D eigenvalue weighted by Crippen LogP contribution is 2.36. The number of aromatic carboxylic acids is 1. The Bertz CT molecular complexity index is 1480. The van der Waals surface area contributed by atoms with Gasteiger partial charge in [0.1, 0.15) is 0 Å². The summed E-state index contributed by atoms with van der Waals surface area (Å²) in [6, 6.07) is 22.2. The van der Waals surface area contributed by atoms with E-state index < -0.39 is 5.97 Å². The smallest absolute Gasteiger partial charge is 0.335 e. The first-order valence-electron chi connectivity index (χ1n) is 12.2.